The van der Waals surface area contributed by atoms with Crippen LogP contribution in [0.15, 0.2) is 23.4 Å². The van der Waals surface area contributed by atoms with E-state index in [1.807, 2.05) is 0 Å². The van der Waals surface area contributed by atoms with Gasteiger partial charge in [-0.15, -0.1) is 0 Å². The highest BCUT2D eigenvalue weighted by atomic mass is 28.4. The predicted molar refractivity (Wildman–Crippen MR) is 82.1 cm³/mol. The fourth-order valence-corrected chi connectivity index (χ4v) is 3.13. The zero-order valence-electron chi connectivity index (χ0n) is 13.5. The third kappa shape index (κ3) is 6.99. The van der Waals surface area contributed by atoms with Gasteiger partial charge in [0.25, 0.3) is 0 Å². The predicted octanol–water partition coefficient (Wildman–Crippen LogP) is 1.70. The molecule has 8 heteroatoms. The third-order valence-corrected chi connectivity index (χ3v) is 5.31. The molecule has 0 aromatic carbocycles. The van der Waals surface area contributed by atoms with Crippen molar-refractivity contribution in [2.24, 2.45) is 0 Å². The van der Waals surface area contributed by atoms with Gasteiger partial charge in [-0.05, 0) is 31.9 Å². The summed E-state index contributed by atoms with van der Waals surface area (Å²) in [6.07, 6.45) is 1.39. The van der Waals surface area contributed by atoms with Crippen molar-refractivity contribution in [2.75, 3.05) is 27.9 Å². The minimum atomic E-state index is -3.08. The van der Waals surface area contributed by atoms with Gasteiger partial charge >= 0.3 is 20.7 Å². The number of ether oxygens (including phenoxy) is 1. The van der Waals surface area contributed by atoms with E-state index in [0.717, 1.165) is 0 Å². The highest BCUT2D eigenvalue weighted by Crippen LogP contribution is 2.16. The molecule has 0 unspecified atom stereocenters. The van der Waals surface area contributed by atoms with E-state index < -0.39 is 20.7 Å². The second-order valence-electron chi connectivity index (χ2n) is 4.56. The molecule has 0 fully saturated rings. The maximum atomic E-state index is 11.3. The molecule has 0 aliphatic rings. The SMILES string of the molecule is C=C(C)C(=O)OCCCCC(=C[Si](OC)(OC)OC)C(=O)O. The maximum Gasteiger partial charge on any atom is 0.529 e. The fourth-order valence-electron chi connectivity index (χ4n) is 1.59. The van der Waals surface area contributed by atoms with Gasteiger partial charge in [-0.1, -0.05) is 6.58 Å². The Kier molecular flexibility index (Phi) is 9.58. The molecule has 0 bridgehead atoms. The smallest absolute Gasteiger partial charge is 0.478 e. The molecule has 0 rings (SSSR count). The number of carboxylic acid groups (broad SMARTS) is 1. The van der Waals surface area contributed by atoms with Crippen LogP contribution in [0.3, 0.4) is 0 Å². The summed E-state index contributed by atoms with van der Waals surface area (Å²) in [5, 5.41) is 9.23. The summed E-state index contributed by atoms with van der Waals surface area (Å²) in [7, 11) is 1.14. The average molecular weight is 332 g/mol. The first-order valence-electron chi connectivity index (χ1n) is 6.75. The van der Waals surface area contributed by atoms with Gasteiger partial charge in [0.05, 0.1) is 6.61 Å². The topological polar surface area (TPSA) is 91.3 Å². The molecule has 0 amide bonds. The first kappa shape index (κ1) is 20.5. The lowest BCUT2D eigenvalue weighted by Crippen LogP contribution is -2.41. The Morgan fingerprint density at radius 2 is 1.68 bits per heavy atom. The quantitative estimate of drug-likeness (QED) is 0.266. The van der Waals surface area contributed by atoms with Crippen molar-refractivity contribution in [2.45, 2.75) is 26.2 Å². The van der Waals surface area contributed by atoms with Crippen molar-refractivity contribution in [3.8, 4) is 0 Å². The minimum absolute atomic E-state index is 0.156. The molecular formula is C14H24O7Si. The number of carbonyl (C=O) groups excluding carboxylic acids is 1. The van der Waals surface area contributed by atoms with Crippen molar-refractivity contribution < 1.29 is 32.7 Å². The zero-order chi connectivity index (χ0) is 17.2. The molecule has 0 saturated heterocycles. The second-order valence-corrected chi connectivity index (χ2v) is 7.28. The largest absolute Gasteiger partial charge is 0.529 e. The number of rotatable bonds is 11. The van der Waals surface area contributed by atoms with Gasteiger partial charge in [-0.3, -0.25) is 0 Å². The normalized spacial score (nSPS) is 12.1. The Balaban J connectivity index is 4.52. The van der Waals surface area contributed by atoms with Gasteiger partial charge in [-0.25, -0.2) is 9.59 Å². The number of aliphatic carboxylic acids is 1. The van der Waals surface area contributed by atoms with Crippen molar-refractivity contribution in [3.63, 3.8) is 0 Å². The van der Waals surface area contributed by atoms with E-state index in [4.69, 9.17) is 18.0 Å². The number of carboxylic acids is 1. The van der Waals surface area contributed by atoms with Crippen LogP contribution >= 0.6 is 0 Å². The van der Waals surface area contributed by atoms with Gasteiger partial charge in [-0.2, -0.15) is 0 Å². The molecule has 0 aromatic heterocycles. The first-order valence-corrected chi connectivity index (χ1v) is 8.55. The van der Waals surface area contributed by atoms with E-state index in [1.54, 1.807) is 6.92 Å². The summed E-state index contributed by atoms with van der Waals surface area (Å²) in [4.78, 5) is 22.5. The number of carbonyl (C=O) groups is 2. The monoisotopic (exact) mass is 332 g/mol. The van der Waals surface area contributed by atoms with Crippen LogP contribution in [0.5, 0.6) is 0 Å². The van der Waals surface area contributed by atoms with Crippen LogP contribution in [-0.2, 0) is 27.6 Å². The molecule has 0 aliphatic carbocycles. The lowest BCUT2D eigenvalue weighted by atomic mass is 10.1. The van der Waals surface area contributed by atoms with E-state index in [-0.39, 0.29) is 12.2 Å². The highest BCUT2D eigenvalue weighted by Gasteiger charge is 2.36. The van der Waals surface area contributed by atoms with Crippen molar-refractivity contribution in [1.29, 1.82) is 0 Å². The number of hydrogen-bond donors (Lipinski definition) is 1. The minimum Gasteiger partial charge on any atom is -0.478 e. The van der Waals surface area contributed by atoms with Crippen LogP contribution in [0.25, 0.3) is 0 Å². The van der Waals surface area contributed by atoms with Crippen molar-refractivity contribution in [1.82, 2.24) is 0 Å². The van der Waals surface area contributed by atoms with Crippen LogP contribution in [0.2, 0.25) is 0 Å². The van der Waals surface area contributed by atoms with Crippen LogP contribution in [0.4, 0.5) is 0 Å². The van der Waals surface area contributed by atoms with E-state index >= 15 is 0 Å². The Hall–Kier alpha value is -1.48. The fraction of sp³-hybridized carbons (Fsp3) is 0.571. The van der Waals surface area contributed by atoms with Crippen LogP contribution in [0, 0.1) is 0 Å². The summed E-state index contributed by atoms with van der Waals surface area (Å²) in [5.41, 5.74) is 1.90. The summed E-state index contributed by atoms with van der Waals surface area (Å²) >= 11 is 0. The molecule has 0 atom stereocenters. The summed E-state index contributed by atoms with van der Waals surface area (Å²) in [6, 6.07) is 0. The zero-order valence-corrected chi connectivity index (χ0v) is 14.5. The molecule has 0 heterocycles. The first-order chi connectivity index (χ1) is 10.3. The summed E-state index contributed by atoms with van der Waals surface area (Å²) in [5.74, 6) is -1.50. The number of hydrogen-bond acceptors (Lipinski definition) is 6. The van der Waals surface area contributed by atoms with Crippen molar-refractivity contribution >= 4 is 20.7 Å². The van der Waals surface area contributed by atoms with Gasteiger partial charge < -0.3 is 23.1 Å². The van der Waals surface area contributed by atoms with E-state index in [2.05, 4.69) is 6.58 Å². The van der Waals surface area contributed by atoms with Gasteiger partial charge in [0.15, 0.2) is 0 Å². The van der Waals surface area contributed by atoms with Gasteiger partial charge in [0, 0.05) is 32.5 Å². The van der Waals surface area contributed by atoms with Gasteiger partial charge in [0.1, 0.15) is 0 Å². The third-order valence-electron chi connectivity index (χ3n) is 2.90. The molecule has 1 N–H and O–H groups in total. The van der Waals surface area contributed by atoms with Gasteiger partial charge in [0.2, 0.25) is 0 Å². The summed E-state index contributed by atoms with van der Waals surface area (Å²) in [6.45, 7) is 5.27. The molecule has 7 nitrogen and oxygen atoms in total. The van der Waals surface area contributed by atoms with E-state index in [9.17, 15) is 14.7 Å². The average Bonchev–Trinajstić information content (AvgIpc) is 2.50. The lowest BCUT2D eigenvalue weighted by molar-refractivity contribution is -0.139. The maximum absolute atomic E-state index is 11.3. The number of esters is 1. The Labute approximate surface area is 131 Å². The molecule has 0 aliphatic heterocycles. The van der Waals surface area contributed by atoms with E-state index in [1.165, 1.54) is 27.0 Å². The Morgan fingerprint density at radius 1 is 1.14 bits per heavy atom. The highest BCUT2D eigenvalue weighted by molar-refractivity contribution is 6.66. The molecule has 22 heavy (non-hydrogen) atoms. The molecule has 0 aromatic rings. The Bertz CT molecular complexity index is 419. The van der Waals surface area contributed by atoms with Crippen molar-refractivity contribution in [3.05, 3.63) is 23.4 Å². The standard InChI is InChI=1S/C14H24O7Si/c1-11(2)14(17)21-9-7-6-8-12(13(15)16)10-22(18-3,19-4)20-5/h10H,1,6-9H2,2-5H3,(H,15,16). The summed E-state index contributed by atoms with van der Waals surface area (Å²) < 4.78 is 20.5. The number of unbranched alkanes of at least 4 members (excludes halogenated alkanes) is 1. The van der Waals surface area contributed by atoms with Crippen LogP contribution in [0.1, 0.15) is 26.2 Å². The van der Waals surface area contributed by atoms with Crippen LogP contribution in [-0.4, -0.2) is 53.8 Å². The molecule has 0 spiro atoms. The second kappa shape index (κ2) is 10.3. The Morgan fingerprint density at radius 3 is 2.09 bits per heavy atom. The van der Waals surface area contributed by atoms with Crippen LogP contribution < -0.4 is 0 Å². The molecular weight excluding hydrogens is 308 g/mol. The molecule has 126 valence electrons. The lowest BCUT2D eigenvalue weighted by Gasteiger charge is -2.21. The molecule has 0 saturated carbocycles. The molecule has 0 radical (unpaired) electrons. The van der Waals surface area contributed by atoms with E-state index in [0.29, 0.717) is 24.8 Å².